The lowest BCUT2D eigenvalue weighted by Crippen LogP contribution is -2.38. The van der Waals surface area contributed by atoms with E-state index in [0.717, 1.165) is 36.3 Å². The summed E-state index contributed by atoms with van der Waals surface area (Å²) < 4.78 is 0. The number of rotatable bonds is 6. The number of hydrogen-bond donors (Lipinski definition) is 1. The van der Waals surface area contributed by atoms with Gasteiger partial charge in [0.2, 0.25) is 0 Å². The van der Waals surface area contributed by atoms with E-state index in [-0.39, 0.29) is 0 Å². The van der Waals surface area contributed by atoms with Crippen molar-refractivity contribution in [2.75, 3.05) is 6.54 Å². The third-order valence-corrected chi connectivity index (χ3v) is 4.90. The molecule has 98 valence electrons. The van der Waals surface area contributed by atoms with Crippen LogP contribution in [0.3, 0.4) is 0 Å². The van der Waals surface area contributed by atoms with Gasteiger partial charge in [-0.15, -0.1) is 0 Å². The van der Waals surface area contributed by atoms with E-state index in [0.29, 0.717) is 0 Å². The number of nitrogens with one attached hydrogen (secondary N) is 1. The summed E-state index contributed by atoms with van der Waals surface area (Å²) in [6.45, 7) is 5.82. The number of benzene rings is 1. The summed E-state index contributed by atoms with van der Waals surface area (Å²) >= 11 is 0. The normalized spacial score (nSPS) is 29.9. The molecule has 1 nitrogen and oxygen atoms in total. The van der Waals surface area contributed by atoms with Gasteiger partial charge >= 0.3 is 0 Å². The average molecular weight is 243 g/mol. The predicted octanol–water partition coefficient (Wildman–Crippen LogP) is 3.81. The van der Waals surface area contributed by atoms with E-state index in [2.05, 4.69) is 49.5 Å². The predicted molar refractivity (Wildman–Crippen MR) is 76.6 cm³/mol. The molecule has 0 radical (unpaired) electrons. The fourth-order valence-electron chi connectivity index (χ4n) is 3.57. The maximum Gasteiger partial charge on any atom is 0.0129 e. The van der Waals surface area contributed by atoms with Crippen molar-refractivity contribution >= 4 is 0 Å². The molecular weight excluding hydrogens is 218 g/mol. The largest absolute Gasteiger partial charge is 0.314 e. The first-order valence-electron chi connectivity index (χ1n) is 7.59. The summed E-state index contributed by atoms with van der Waals surface area (Å²) in [5, 5.41) is 3.77. The highest BCUT2D eigenvalue weighted by Gasteiger charge is 2.47. The van der Waals surface area contributed by atoms with Crippen molar-refractivity contribution in [2.24, 2.45) is 17.8 Å². The highest BCUT2D eigenvalue weighted by atomic mass is 14.9. The lowest BCUT2D eigenvalue weighted by molar-refractivity contribution is 0.311. The third kappa shape index (κ3) is 2.47. The molecular formula is C17H25N. The lowest BCUT2D eigenvalue weighted by atomic mass is 9.91. The minimum absolute atomic E-state index is 0.743. The van der Waals surface area contributed by atoms with E-state index in [1.165, 1.54) is 19.3 Å². The topological polar surface area (TPSA) is 12.0 Å². The molecule has 0 bridgehead atoms. The van der Waals surface area contributed by atoms with Crippen LogP contribution in [-0.2, 0) is 0 Å². The molecule has 2 saturated carbocycles. The van der Waals surface area contributed by atoms with E-state index in [1.54, 1.807) is 5.56 Å². The molecule has 18 heavy (non-hydrogen) atoms. The van der Waals surface area contributed by atoms with Gasteiger partial charge in [-0.25, -0.2) is 0 Å². The van der Waals surface area contributed by atoms with E-state index in [9.17, 15) is 0 Å². The Kier molecular flexibility index (Phi) is 3.43. The Balaban J connectivity index is 1.66. The van der Waals surface area contributed by atoms with Gasteiger partial charge < -0.3 is 5.32 Å². The molecule has 1 N–H and O–H groups in total. The Morgan fingerprint density at radius 3 is 2.56 bits per heavy atom. The Morgan fingerprint density at radius 1 is 1.22 bits per heavy atom. The molecule has 0 aromatic heterocycles. The van der Waals surface area contributed by atoms with Gasteiger partial charge in [-0.3, -0.25) is 0 Å². The first-order chi connectivity index (χ1) is 8.81. The fourth-order valence-corrected chi connectivity index (χ4v) is 3.57. The van der Waals surface area contributed by atoms with Crippen LogP contribution >= 0.6 is 0 Å². The molecule has 4 unspecified atom stereocenters. The third-order valence-electron chi connectivity index (χ3n) is 4.90. The summed E-state index contributed by atoms with van der Waals surface area (Å²) in [6, 6.07) is 11.8. The second kappa shape index (κ2) is 5.05. The van der Waals surface area contributed by atoms with Gasteiger partial charge in [-0.05, 0) is 55.0 Å². The summed E-state index contributed by atoms with van der Waals surface area (Å²) in [4.78, 5) is 0. The molecule has 0 saturated heterocycles. The smallest absolute Gasteiger partial charge is 0.0129 e. The highest BCUT2D eigenvalue weighted by Crippen LogP contribution is 2.53. The second-order valence-corrected chi connectivity index (χ2v) is 6.20. The molecule has 0 amide bonds. The summed E-state index contributed by atoms with van der Waals surface area (Å²) in [6.07, 6.45) is 4.32. The zero-order valence-corrected chi connectivity index (χ0v) is 11.6. The van der Waals surface area contributed by atoms with Crippen LogP contribution in [0.5, 0.6) is 0 Å². The van der Waals surface area contributed by atoms with Gasteiger partial charge in [0.1, 0.15) is 0 Å². The molecule has 0 spiro atoms. The summed E-state index contributed by atoms with van der Waals surface area (Å²) in [5.74, 6) is 3.56. The van der Waals surface area contributed by atoms with Gasteiger partial charge in [0.25, 0.3) is 0 Å². The van der Waals surface area contributed by atoms with E-state index < -0.39 is 0 Å². The zero-order valence-electron chi connectivity index (χ0n) is 11.6. The average Bonchev–Trinajstić information content (AvgIpc) is 3.29. The first kappa shape index (κ1) is 12.2. The fraction of sp³-hybridized carbons (Fsp3) is 0.647. The minimum Gasteiger partial charge on any atom is -0.314 e. The Labute approximate surface area is 111 Å². The molecule has 2 aliphatic carbocycles. The monoisotopic (exact) mass is 243 g/mol. The van der Waals surface area contributed by atoms with Crippen LogP contribution in [0.4, 0.5) is 0 Å². The Morgan fingerprint density at radius 2 is 1.94 bits per heavy atom. The summed E-state index contributed by atoms with van der Waals surface area (Å²) in [7, 11) is 0. The summed E-state index contributed by atoms with van der Waals surface area (Å²) in [5.41, 5.74) is 1.55. The van der Waals surface area contributed by atoms with Crippen molar-refractivity contribution in [1.82, 2.24) is 5.32 Å². The highest BCUT2D eigenvalue weighted by molar-refractivity contribution is 5.27. The van der Waals surface area contributed by atoms with Crippen LogP contribution in [-0.4, -0.2) is 12.6 Å². The molecule has 2 aliphatic rings. The van der Waals surface area contributed by atoms with Crippen LogP contribution in [0.2, 0.25) is 0 Å². The maximum atomic E-state index is 3.77. The van der Waals surface area contributed by atoms with Crippen molar-refractivity contribution < 1.29 is 0 Å². The van der Waals surface area contributed by atoms with Crippen LogP contribution in [0.1, 0.15) is 44.6 Å². The van der Waals surface area contributed by atoms with Crippen LogP contribution in [0.15, 0.2) is 30.3 Å². The standard InChI is InChI=1S/C17H25N/c1-3-18-17(12(2)13-9-10-13)16-11-15(16)14-7-5-4-6-8-14/h4-8,12-13,15-18H,3,9-11H2,1-2H3. The van der Waals surface area contributed by atoms with Crippen molar-refractivity contribution in [3.63, 3.8) is 0 Å². The lowest BCUT2D eigenvalue weighted by Gasteiger charge is -2.25. The SMILES string of the molecule is CCNC(C(C)C1CC1)C1CC1c1ccccc1. The molecule has 1 aromatic rings. The molecule has 0 heterocycles. The van der Waals surface area contributed by atoms with Crippen LogP contribution in [0, 0.1) is 17.8 Å². The van der Waals surface area contributed by atoms with Crippen molar-refractivity contribution in [2.45, 2.75) is 45.1 Å². The van der Waals surface area contributed by atoms with Crippen molar-refractivity contribution in [3.8, 4) is 0 Å². The first-order valence-corrected chi connectivity index (χ1v) is 7.59. The molecule has 3 rings (SSSR count). The van der Waals surface area contributed by atoms with Gasteiger partial charge in [0.15, 0.2) is 0 Å². The molecule has 2 fully saturated rings. The van der Waals surface area contributed by atoms with Gasteiger partial charge in [-0.1, -0.05) is 44.2 Å². The maximum absolute atomic E-state index is 3.77. The van der Waals surface area contributed by atoms with Crippen LogP contribution < -0.4 is 5.32 Å². The van der Waals surface area contributed by atoms with Gasteiger partial charge in [-0.2, -0.15) is 0 Å². The molecule has 1 heteroatoms. The molecule has 4 atom stereocenters. The molecule has 0 aliphatic heterocycles. The van der Waals surface area contributed by atoms with Crippen molar-refractivity contribution in [1.29, 1.82) is 0 Å². The zero-order chi connectivity index (χ0) is 12.5. The Bertz CT molecular complexity index is 382. The molecule has 1 aromatic carbocycles. The number of hydrogen-bond acceptors (Lipinski definition) is 1. The van der Waals surface area contributed by atoms with E-state index >= 15 is 0 Å². The van der Waals surface area contributed by atoms with E-state index in [1.807, 2.05) is 0 Å². The minimum atomic E-state index is 0.743. The van der Waals surface area contributed by atoms with Gasteiger partial charge in [0, 0.05) is 6.04 Å². The van der Waals surface area contributed by atoms with Gasteiger partial charge in [0.05, 0.1) is 0 Å². The Hall–Kier alpha value is -0.820. The van der Waals surface area contributed by atoms with E-state index in [4.69, 9.17) is 0 Å². The second-order valence-electron chi connectivity index (χ2n) is 6.20. The van der Waals surface area contributed by atoms with Crippen molar-refractivity contribution in [3.05, 3.63) is 35.9 Å². The quantitative estimate of drug-likeness (QED) is 0.801. The van der Waals surface area contributed by atoms with Crippen LogP contribution in [0.25, 0.3) is 0 Å².